The van der Waals surface area contributed by atoms with Crippen LogP contribution in [-0.4, -0.2) is 10.1 Å². The molecule has 3 rings (SSSR count). The molecule has 1 N–H and O–H groups in total. The Bertz CT molecular complexity index is 725. The van der Waals surface area contributed by atoms with Crippen molar-refractivity contribution in [3.8, 4) is 17.0 Å². The summed E-state index contributed by atoms with van der Waals surface area (Å²) in [5.41, 5.74) is 2.20. The molecule has 2 nitrogen and oxygen atoms in total. The largest absolute Gasteiger partial charge is 0.505 e. The van der Waals surface area contributed by atoms with Crippen LogP contribution in [0.4, 0.5) is 4.39 Å². The molecule has 0 unspecified atom stereocenters. The lowest BCUT2D eigenvalue weighted by molar-refractivity contribution is 0.432. The fourth-order valence-electron chi connectivity index (χ4n) is 1.89. The summed E-state index contributed by atoms with van der Waals surface area (Å²) in [6, 6.07) is 15.8. The van der Waals surface area contributed by atoms with Gasteiger partial charge in [-0.2, -0.15) is 0 Å². The van der Waals surface area contributed by atoms with E-state index >= 15 is 0 Å². The number of hydrogen-bond donors (Lipinski definition) is 1. The number of fused-ring (bicyclic) bond motifs is 1. The predicted octanol–water partition coefficient (Wildman–Crippen LogP) is 3.75. The van der Waals surface area contributed by atoms with Crippen molar-refractivity contribution < 1.29 is 9.50 Å². The first-order valence-corrected chi connectivity index (χ1v) is 5.59. The third-order valence-electron chi connectivity index (χ3n) is 2.84. The molecule has 0 aliphatic rings. The van der Waals surface area contributed by atoms with Crippen LogP contribution >= 0.6 is 0 Å². The van der Waals surface area contributed by atoms with Crippen LogP contribution in [0.2, 0.25) is 0 Å². The summed E-state index contributed by atoms with van der Waals surface area (Å²) in [5.74, 6) is -0.984. The summed E-state index contributed by atoms with van der Waals surface area (Å²) in [5, 5.41) is 10.2. The molecule has 18 heavy (non-hydrogen) atoms. The van der Waals surface area contributed by atoms with Crippen molar-refractivity contribution in [2.24, 2.45) is 0 Å². The Hall–Kier alpha value is -2.42. The Morgan fingerprint density at radius 1 is 0.944 bits per heavy atom. The van der Waals surface area contributed by atoms with E-state index in [0.29, 0.717) is 11.3 Å². The molecule has 0 saturated heterocycles. The van der Waals surface area contributed by atoms with Crippen molar-refractivity contribution in [3.05, 3.63) is 60.4 Å². The fraction of sp³-hybridized carbons (Fsp3) is 0. The summed E-state index contributed by atoms with van der Waals surface area (Å²) >= 11 is 0. The summed E-state index contributed by atoms with van der Waals surface area (Å²) in [6.07, 6.45) is 0. The second-order valence-corrected chi connectivity index (χ2v) is 4.06. The van der Waals surface area contributed by atoms with Crippen molar-refractivity contribution in [1.29, 1.82) is 0 Å². The Morgan fingerprint density at radius 2 is 1.78 bits per heavy atom. The van der Waals surface area contributed by atoms with Crippen LogP contribution in [0.25, 0.3) is 22.2 Å². The fourth-order valence-corrected chi connectivity index (χ4v) is 1.89. The molecule has 1 heterocycles. The van der Waals surface area contributed by atoms with Crippen molar-refractivity contribution in [3.63, 3.8) is 0 Å². The number of rotatable bonds is 1. The zero-order valence-corrected chi connectivity index (χ0v) is 9.47. The van der Waals surface area contributed by atoms with Crippen LogP contribution in [0.3, 0.4) is 0 Å². The molecular formula is C15H10FNO. The number of aromatic hydroxyl groups is 1. The van der Waals surface area contributed by atoms with Crippen LogP contribution in [-0.2, 0) is 0 Å². The molecule has 0 aliphatic heterocycles. The molecule has 88 valence electrons. The van der Waals surface area contributed by atoms with Crippen LogP contribution in [0.15, 0.2) is 54.6 Å². The maximum Gasteiger partial charge on any atom is 0.165 e. The lowest BCUT2D eigenvalue weighted by Crippen LogP contribution is -1.86. The van der Waals surface area contributed by atoms with Gasteiger partial charge in [0, 0.05) is 10.9 Å². The normalized spacial score (nSPS) is 10.7. The number of hydrogen-bond acceptors (Lipinski definition) is 2. The molecule has 0 spiro atoms. The van der Waals surface area contributed by atoms with Crippen molar-refractivity contribution >= 4 is 10.9 Å². The number of aromatic nitrogens is 1. The van der Waals surface area contributed by atoms with Gasteiger partial charge in [0.1, 0.15) is 0 Å². The molecule has 3 heteroatoms. The van der Waals surface area contributed by atoms with Crippen LogP contribution < -0.4 is 0 Å². The van der Waals surface area contributed by atoms with Gasteiger partial charge >= 0.3 is 0 Å². The Labute approximate surface area is 103 Å². The van der Waals surface area contributed by atoms with Gasteiger partial charge in [0.05, 0.1) is 11.2 Å². The van der Waals surface area contributed by atoms with Crippen molar-refractivity contribution in [1.82, 2.24) is 4.98 Å². The summed E-state index contributed by atoms with van der Waals surface area (Å²) in [4.78, 5) is 4.47. The standard InChI is InChI=1S/C15H10FNO/c16-12-9-11(6-8-15(12)18)14-7-5-10-3-1-2-4-13(10)17-14/h1-9,18H. The van der Waals surface area contributed by atoms with Crippen LogP contribution in [0.5, 0.6) is 5.75 Å². The topological polar surface area (TPSA) is 33.1 Å². The predicted molar refractivity (Wildman–Crippen MR) is 68.8 cm³/mol. The van der Waals surface area contributed by atoms with E-state index in [2.05, 4.69) is 4.98 Å². The van der Waals surface area contributed by atoms with Gasteiger partial charge in [-0.05, 0) is 30.3 Å². The summed E-state index contributed by atoms with van der Waals surface area (Å²) in [6.45, 7) is 0. The average molecular weight is 239 g/mol. The van der Waals surface area contributed by atoms with Gasteiger partial charge in [-0.25, -0.2) is 9.37 Å². The van der Waals surface area contributed by atoms with E-state index in [-0.39, 0.29) is 5.75 Å². The van der Waals surface area contributed by atoms with Gasteiger partial charge in [-0.15, -0.1) is 0 Å². The van der Waals surface area contributed by atoms with Gasteiger partial charge < -0.3 is 5.11 Å². The third-order valence-corrected chi connectivity index (χ3v) is 2.84. The monoisotopic (exact) mass is 239 g/mol. The molecule has 0 aliphatic carbocycles. The average Bonchev–Trinajstić information content (AvgIpc) is 2.41. The molecule has 0 amide bonds. The molecular weight excluding hydrogens is 229 g/mol. The molecule has 0 bridgehead atoms. The molecule has 2 aromatic carbocycles. The number of para-hydroxylation sites is 1. The van der Waals surface area contributed by atoms with Gasteiger partial charge in [0.25, 0.3) is 0 Å². The van der Waals surface area contributed by atoms with Gasteiger partial charge in [-0.3, -0.25) is 0 Å². The van der Waals surface area contributed by atoms with E-state index in [1.54, 1.807) is 6.07 Å². The molecule has 0 atom stereocenters. The highest BCUT2D eigenvalue weighted by Gasteiger charge is 2.05. The number of phenolic OH excluding ortho intramolecular Hbond substituents is 1. The minimum Gasteiger partial charge on any atom is -0.505 e. The van der Waals surface area contributed by atoms with E-state index in [4.69, 9.17) is 5.11 Å². The first-order valence-electron chi connectivity index (χ1n) is 5.59. The lowest BCUT2D eigenvalue weighted by atomic mass is 10.1. The lowest BCUT2D eigenvalue weighted by Gasteiger charge is -2.04. The smallest absolute Gasteiger partial charge is 0.165 e. The number of benzene rings is 2. The SMILES string of the molecule is Oc1ccc(-c2ccc3ccccc3n2)cc1F. The van der Waals surface area contributed by atoms with Crippen molar-refractivity contribution in [2.45, 2.75) is 0 Å². The van der Waals surface area contributed by atoms with Gasteiger partial charge in [0.15, 0.2) is 11.6 Å². The number of nitrogens with zero attached hydrogens (tertiary/aromatic N) is 1. The van der Waals surface area contributed by atoms with Crippen molar-refractivity contribution in [2.75, 3.05) is 0 Å². The van der Waals surface area contributed by atoms with Gasteiger partial charge in [0.2, 0.25) is 0 Å². The molecule has 1 aromatic heterocycles. The number of halogens is 1. The highest BCUT2D eigenvalue weighted by atomic mass is 19.1. The molecule has 0 radical (unpaired) electrons. The highest BCUT2D eigenvalue weighted by Crippen LogP contribution is 2.25. The van der Waals surface area contributed by atoms with E-state index in [9.17, 15) is 4.39 Å². The number of pyridine rings is 1. The van der Waals surface area contributed by atoms with Crippen LogP contribution in [0.1, 0.15) is 0 Å². The minimum absolute atomic E-state index is 0.348. The van der Waals surface area contributed by atoms with E-state index in [0.717, 1.165) is 10.9 Å². The first-order chi connectivity index (χ1) is 8.74. The maximum atomic E-state index is 13.3. The Morgan fingerprint density at radius 3 is 2.61 bits per heavy atom. The third kappa shape index (κ3) is 1.80. The zero-order chi connectivity index (χ0) is 12.5. The second-order valence-electron chi connectivity index (χ2n) is 4.06. The molecule has 0 fully saturated rings. The van der Waals surface area contributed by atoms with E-state index in [1.165, 1.54) is 12.1 Å². The quantitative estimate of drug-likeness (QED) is 0.701. The molecule has 0 saturated carbocycles. The van der Waals surface area contributed by atoms with E-state index < -0.39 is 5.82 Å². The zero-order valence-electron chi connectivity index (χ0n) is 9.47. The van der Waals surface area contributed by atoms with E-state index in [1.807, 2.05) is 36.4 Å². The summed E-state index contributed by atoms with van der Waals surface area (Å²) in [7, 11) is 0. The summed E-state index contributed by atoms with van der Waals surface area (Å²) < 4.78 is 13.3. The first kappa shape index (κ1) is 10.7. The minimum atomic E-state index is -0.637. The number of phenols is 1. The Kier molecular flexibility index (Phi) is 2.45. The maximum absolute atomic E-state index is 13.3. The Balaban J connectivity index is 2.16. The van der Waals surface area contributed by atoms with Crippen LogP contribution in [0, 0.1) is 5.82 Å². The highest BCUT2D eigenvalue weighted by molar-refractivity contribution is 5.81. The second kappa shape index (κ2) is 4.11. The van der Waals surface area contributed by atoms with Gasteiger partial charge in [-0.1, -0.05) is 24.3 Å². The molecule has 3 aromatic rings.